The Morgan fingerprint density at radius 2 is 1.88 bits per heavy atom. The van der Waals surface area contributed by atoms with E-state index in [1.54, 1.807) is 0 Å². The van der Waals surface area contributed by atoms with E-state index in [1.165, 1.54) is 0 Å². The average Bonchev–Trinajstić information content (AvgIpc) is 2.25. The third kappa shape index (κ3) is 3.84. The SMILES string of the molecule is CCC(O)c1ccccc1C#C[Si](C)(C)C. The number of hydrogen-bond donors (Lipinski definition) is 1. The standard InChI is InChI=1S/C14H20OSi/c1-5-14(15)13-9-7-6-8-12(13)10-11-16(2,3)4/h6-9,14-15H,5H2,1-4H3. The first kappa shape index (κ1) is 13.0. The second-order valence-corrected chi connectivity index (χ2v) is 9.76. The molecule has 0 amide bonds. The van der Waals surface area contributed by atoms with E-state index < -0.39 is 14.2 Å². The van der Waals surface area contributed by atoms with Crippen molar-refractivity contribution >= 4 is 8.07 Å². The van der Waals surface area contributed by atoms with Gasteiger partial charge in [-0.15, -0.1) is 5.54 Å². The van der Waals surface area contributed by atoms with Crippen molar-refractivity contribution in [3.63, 3.8) is 0 Å². The van der Waals surface area contributed by atoms with Gasteiger partial charge < -0.3 is 5.11 Å². The van der Waals surface area contributed by atoms with E-state index >= 15 is 0 Å². The highest BCUT2D eigenvalue weighted by Crippen LogP contribution is 2.19. The van der Waals surface area contributed by atoms with E-state index in [9.17, 15) is 5.11 Å². The Balaban J connectivity index is 3.08. The topological polar surface area (TPSA) is 20.2 Å². The number of rotatable bonds is 2. The number of aliphatic hydroxyl groups excluding tert-OH is 1. The Morgan fingerprint density at radius 1 is 1.25 bits per heavy atom. The molecule has 1 N–H and O–H groups in total. The van der Waals surface area contributed by atoms with Crippen molar-refractivity contribution in [3.05, 3.63) is 35.4 Å². The second-order valence-electron chi connectivity index (χ2n) is 5.01. The Labute approximate surface area is 99.5 Å². The number of aliphatic hydroxyl groups is 1. The van der Waals surface area contributed by atoms with Crippen molar-refractivity contribution in [1.29, 1.82) is 0 Å². The van der Waals surface area contributed by atoms with Gasteiger partial charge in [0.2, 0.25) is 0 Å². The van der Waals surface area contributed by atoms with Gasteiger partial charge in [0.15, 0.2) is 0 Å². The summed E-state index contributed by atoms with van der Waals surface area (Å²) in [6, 6.07) is 7.87. The van der Waals surface area contributed by atoms with Gasteiger partial charge in [0.1, 0.15) is 8.07 Å². The molecule has 0 aliphatic rings. The Morgan fingerprint density at radius 3 is 2.44 bits per heavy atom. The largest absolute Gasteiger partial charge is 0.388 e. The summed E-state index contributed by atoms with van der Waals surface area (Å²) < 4.78 is 0. The molecule has 1 aromatic carbocycles. The van der Waals surface area contributed by atoms with E-state index in [1.807, 2.05) is 31.2 Å². The normalized spacial score (nSPS) is 12.8. The summed E-state index contributed by atoms with van der Waals surface area (Å²) in [5.41, 5.74) is 5.26. The molecule has 0 heterocycles. The molecule has 0 aliphatic carbocycles. The number of hydrogen-bond acceptors (Lipinski definition) is 1. The molecule has 0 saturated heterocycles. The van der Waals surface area contributed by atoms with E-state index in [4.69, 9.17) is 0 Å². The molecule has 0 aromatic heterocycles. The predicted molar refractivity (Wildman–Crippen MR) is 71.9 cm³/mol. The molecule has 0 fully saturated rings. The van der Waals surface area contributed by atoms with Crippen LogP contribution in [0.25, 0.3) is 0 Å². The van der Waals surface area contributed by atoms with Gasteiger partial charge in [-0.1, -0.05) is 50.7 Å². The zero-order chi connectivity index (χ0) is 12.2. The Kier molecular flexibility index (Phi) is 4.34. The van der Waals surface area contributed by atoms with Crippen LogP contribution in [-0.4, -0.2) is 13.2 Å². The van der Waals surface area contributed by atoms with Gasteiger partial charge in [-0.3, -0.25) is 0 Å². The summed E-state index contributed by atoms with van der Waals surface area (Å²) in [5.74, 6) is 3.22. The molecule has 0 aliphatic heterocycles. The Hall–Kier alpha value is -1.04. The van der Waals surface area contributed by atoms with Crippen LogP contribution >= 0.6 is 0 Å². The minimum absolute atomic E-state index is 0.396. The molecule has 2 heteroatoms. The van der Waals surface area contributed by atoms with E-state index in [0.717, 1.165) is 17.5 Å². The fourth-order valence-corrected chi connectivity index (χ4v) is 1.89. The summed E-state index contributed by atoms with van der Waals surface area (Å²) >= 11 is 0. The van der Waals surface area contributed by atoms with Crippen molar-refractivity contribution in [3.8, 4) is 11.5 Å². The maximum Gasteiger partial charge on any atom is 0.129 e. The van der Waals surface area contributed by atoms with Crippen LogP contribution in [0.3, 0.4) is 0 Å². The van der Waals surface area contributed by atoms with Crippen molar-refractivity contribution in [1.82, 2.24) is 0 Å². The molecule has 1 rings (SSSR count). The summed E-state index contributed by atoms with van der Waals surface area (Å²) in [6.45, 7) is 8.64. The zero-order valence-electron chi connectivity index (χ0n) is 10.5. The summed E-state index contributed by atoms with van der Waals surface area (Å²) in [4.78, 5) is 0. The van der Waals surface area contributed by atoms with Crippen LogP contribution in [0.1, 0.15) is 30.6 Å². The molecular weight excluding hydrogens is 212 g/mol. The minimum Gasteiger partial charge on any atom is -0.388 e. The minimum atomic E-state index is -1.35. The molecule has 0 spiro atoms. The van der Waals surface area contributed by atoms with Crippen LogP contribution in [0.4, 0.5) is 0 Å². The molecule has 0 radical (unpaired) electrons. The highest BCUT2D eigenvalue weighted by Gasteiger charge is 2.10. The van der Waals surface area contributed by atoms with E-state index in [-0.39, 0.29) is 0 Å². The average molecular weight is 232 g/mol. The van der Waals surface area contributed by atoms with E-state index in [0.29, 0.717) is 0 Å². The maximum atomic E-state index is 9.88. The predicted octanol–water partition coefficient (Wildman–Crippen LogP) is 3.36. The molecule has 0 saturated carbocycles. The fraction of sp³-hybridized carbons (Fsp3) is 0.429. The highest BCUT2D eigenvalue weighted by molar-refractivity contribution is 6.83. The van der Waals surface area contributed by atoms with Gasteiger partial charge >= 0.3 is 0 Å². The number of benzene rings is 1. The van der Waals surface area contributed by atoms with Crippen LogP contribution in [0.2, 0.25) is 19.6 Å². The summed E-state index contributed by atoms with van der Waals surface area (Å²) in [6.07, 6.45) is 0.332. The second kappa shape index (κ2) is 5.34. The van der Waals surface area contributed by atoms with Crippen molar-refractivity contribution in [2.45, 2.75) is 39.1 Å². The summed E-state index contributed by atoms with van der Waals surface area (Å²) in [5, 5.41) is 9.88. The molecular formula is C14H20OSi. The van der Waals surface area contributed by atoms with Gasteiger partial charge in [-0.2, -0.15) is 0 Å². The molecule has 1 nitrogen and oxygen atoms in total. The lowest BCUT2D eigenvalue weighted by Crippen LogP contribution is -2.16. The van der Waals surface area contributed by atoms with Gasteiger partial charge in [0.25, 0.3) is 0 Å². The lowest BCUT2D eigenvalue weighted by molar-refractivity contribution is 0.173. The first-order valence-corrected chi connectivity index (χ1v) is 9.24. The van der Waals surface area contributed by atoms with Crippen LogP contribution in [-0.2, 0) is 0 Å². The monoisotopic (exact) mass is 232 g/mol. The molecule has 1 atom stereocenters. The Bertz CT molecular complexity index is 407. The van der Waals surface area contributed by atoms with Crippen LogP contribution < -0.4 is 0 Å². The van der Waals surface area contributed by atoms with Gasteiger partial charge in [0.05, 0.1) is 6.10 Å². The van der Waals surface area contributed by atoms with E-state index in [2.05, 4.69) is 31.1 Å². The molecule has 0 bridgehead atoms. The third-order valence-corrected chi connectivity index (χ3v) is 3.15. The van der Waals surface area contributed by atoms with Crippen LogP contribution in [0.5, 0.6) is 0 Å². The van der Waals surface area contributed by atoms with Crippen molar-refractivity contribution in [2.75, 3.05) is 0 Å². The molecule has 86 valence electrons. The fourth-order valence-electron chi connectivity index (χ4n) is 1.38. The van der Waals surface area contributed by atoms with Crippen molar-refractivity contribution in [2.24, 2.45) is 0 Å². The van der Waals surface area contributed by atoms with Gasteiger partial charge in [-0.05, 0) is 18.1 Å². The lowest BCUT2D eigenvalue weighted by atomic mass is 10.0. The smallest absolute Gasteiger partial charge is 0.129 e. The maximum absolute atomic E-state index is 9.88. The first-order chi connectivity index (χ1) is 7.44. The zero-order valence-corrected chi connectivity index (χ0v) is 11.5. The molecule has 1 aromatic rings. The van der Waals surface area contributed by atoms with Crippen LogP contribution in [0, 0.1) is 11.5 Å². The molecule has 1 unspecified atom stereocenters. The quantitative estimate of drug-likeness (QED) is 0.612. The highest BCUT2D eigenvalue weighted by atomic mass is 28.3. The molecule has 16 heavy (non-hydrogen) atoms. The van der Waals surface area contributed by atoms with Crippen molar-refractivity contribution < 1.29 is 5.11 Å². The summed E-state index contributed by atoms with van der Waals surface area (Å²) in [7, 11) is -1.35. The van der Waals surface area contributed by atoms with Gasteiger partial charge in [-0.25, -0.2) is 0 Å². The van der Waals surface area contributed by atoms with Crippen LogP contribution in [0.15, 0.2) is 24.3 Å². The van der Waals surface area contributed by atoms with Gasteiger partial charge in [0, 0.05) is 5.56 Å². The third-order valence-electron chi connectivity index (χ3n) is 2.28. The first-order valence-electron chi connectivity index (χ1n) is 5.74. The lowest BCUT2D eigenvalue weighted by Gasteiger charge is -2.10.